The van der Waals surface area contributed by atoms with Crippen molar-refractivity contribution in [3.05, 3.63) is 29.1 Å². The number of hydrogen-bond acceptors (Lipinski definition) is 3. The summed E-state index contributed by atoms with van der Waals surface area (Å²) >= 11 is 0. The molecule has 0 radical (unpaired) electrons. The Kier molecular flexibility index (Phi) is 6.90. The van der Waals surface area contributed by atoms with Crippen LogP contribution in [0.15, 0.2) is 12.1 Å². The molecule has 0 unspecified atom stereocenters. The second kappa shape index (κ2) is 8.18. The molecular weight excluding hydrogens is 262 g/mol. The summed E-state index contributed by atoms with van der Waals surface area (Å²) in [6, 6.07) is 2.10. The van der Waals surface area contributed by atoms with Crippen molar-refractivity contribution in [3.8, 4) is 5.75 Å². The number of nitrogens with zero attached hydrogens (tertiary/aromatic N) is 1. The van der Waals surface area contributed by atoms with Gasteiger partial charge in [-0.25, -0.2) is 0 Å². The van der Waals surface area contributed by atoms with Crippen LogP contribution in [0, 0.1) is 0 Å². The molecule has 21 heavy (non-hydrogen) atoms. The Morgan fingerprint density at radius 3 is 2.43 bits per heavy atom. The highest BCUT2D eigenvalue weighted by atomic mass is 16.5. The highest BCUT2D eigenvalue weighted by molar-refractivity contribution is 5.70. The lowest BCUT2D eigenvalue weighted by molar-refractivity contribution is 0.309. The maximum Gasteiger partial charge on any atom is 0.148 e. The molecule has 0 amide bonds. The second-order valence-corrected chi connectivity index (χ2v) is 6.04. The molecule has 0 aliphatic carbocycles. The molecule has 0 aliphatic heterocycles. The van der Waals surface area contributed by atoms with E-state index in [-0.39, 0.29) is 6.61 Å². The molecule has 3 heteroatoms. The molecule has 1 heterocycles. The predicted molar refractivity (Wildman–Crippen MR) is 88.9 cm³/mol. The lowest BCUT2D eigenvalue weighted by atomic mass is 9.97. The van der Waals surface area contributed by atoms with Gasteiger partial charge in [-0.15, -0.1) is 0 Å². The van der Waals surface area contributed by atoms with Crippen LogP contribution in [0.1, 0.15) is 76.8 Å². The van der Waals surface area contributed by atoms with Crippen molar-refractivity contribution in [3.63, 3.8) is 0 Å². The van der Waals surface area contributed by atoms with Crippen molar-refractivity contribution in [2.75, 3.05) is 13.2 Å². The third-order valence-electron chi connectivity index (χ3n) is 3.43. The van der Waals surface area contributed by atoms with E-state index in [0.717, 1.165) is 34.7 Å². The van der Waals surface area contributed by atoms with Crippen molar-refractivity contribution < 1.29 is 9.84 Å². The average molecular weight is 291 g/mol. The van der Waals surface area contributed by atoms with Gasteiger partial charge in [-0.2, -0.15) is 0 Å². The molecule has 0 saturated carbocycles. The number of aliphatic hydroxyl groups excluding tert-OH is 1. The summed E-state index contributed by atoms with van der Waals surface area (Å²) < 4.78 is 6.00. The number of ether oxygens (including phenoxy) is 1. The minimum absolute atomic E-state index is 0.0371. The quantitative estimate of drug-likeness (QED) is 0.803. The first kappa shape index (κ1) is 17.7. The summed E-state index contributed by atoms with van der Waals surface area (Å²) in [5, 5.41) is 9.19. The molecule has 0 fully saturated rings. The van der Waals surface area contributed by atoms with Crippen LogP contribution >= 0.6 is 0 Å². The fourth-order valence-electron chi connectivity index (χ4n) is 2.16. The number of rotatable bonds is 7. The monoisotopic (exact) mass is 291 g/mol. The lowest BCUT2D eigenvalue weighted by Gasteiger charge is -2.20. The number of aliphatic hydroxyl groups is 1. The summed E-state index contributed by atoms with van der Waals surface area (Å²) in [5.74, 6) is 1.54. The van der Waals surface area contributed by atoms with E-state index in [4.69, 9.17) is 9.72 Å². The summed E-state index contributed by atoms with van der Waals surface area (Å²) in [5.41, 5.74) is 4.17. The molecule has 0 saturated heterocycles. The normalized spacial score (nSPS) is 12.3. The van der Waals surface area contributed by atoms with Crippen LogP contribution in [-0.2, 0) is 0 Å². The van der Waals surface area contributed by atoms with Crippen LogP contribution < -0.4 is 4.74 Å². The SMILES string of the molecule is CCCOc1c(/C(C)=C\CO)cc(C(C)C)nc1C(C)C. The van der Waals surface area contributed by atoms with E-state index >= 15 is 0 Å². The zero-order valence-corrected chi connectivity index (χ0v) is 14.2. The highest BCUT2D eigenvalue weighted by Gasteiger charge is 2.18. The van der Waals surface area contributed by atoms with Gasteiger partial charge in [0.05, 0.1) is 18.9 Å². The number of aromatic nitrogens is 1. The molecule has 0 spiro atoms. The van der Waals surface area contributed by atoms with Crippen LogP contribution in [-0.4, -0.2) is 23.3 Å². The molecule has 1 aromatic rings. The topological polar surface area (TPSA) is 42.4 Å². The van der Waals surface area contributed by atoms with Crippen LogP contribution in [0.4, 0.5) is 0 Å². The molecule has 118 valence electrons. The van der Waals surface area contributed by atoms with Crippen LogP contribution in [0.25, 0.3) is 5.57 Å². The molecule has 1 N–H and O–H groups in total. The first-order valence-electron chi connectivity index (χ1n) is 7.87. The van der Waals surface area contributed by atoms with Crippen LogP contribution in [0.5, 0.6) is 5.75 Å². The van der Waals surface area contributed by atoms with Gasteiger partial charge in [-0.05, 0) is 36.8 Å². The molecule has 0 atom stereocenters. The van der Waals surface area contributed by atoms with Gasteiger partial charge in [0.25, 0.3) is 0 Å². The molecule has 1 aromatic heterocycles. The van der Waals surface area contributed by atoms with E-state index in [2.05, 4.69) is 40.7 Å². The number of pyridine rings is 1. The van der Waals surface area contributed by atoms with Gasteiger partial charge in [0, 0.05) is 11.3 Å². The third-order valence-corrected chi connectivity index (χ3v) is 3.43. The number of hydrogen-bond donors (Lipinski definition) is 1. The maximum absolute atomic E-state index is 9.19. The van der Waals surface area contributed by atoms with Gasteiger partial charge in [0.15, 0.2) is 0 Å². The third kappa shape index (κ3) is 4.57. The molecule has 1 rings (SSSR count). The zero-order chi connectivity index (χ0) is 16.0. The fourth-order valence-corrected chi connectivity index (χ4v) is 2.16. The second-order valence-electron chi connectivity index (χ2n) is 6.04. The summed E-state index contributed by atoms with van der Waals surface area (Å²) in [4.78, 5) is 4.81. The average Bonchev–Trinajstić information content (AvgIpc) is 2.44. The predicted octanol–water partition coefficient (Wildman–Crippen LogP) is 4.51. The van der Waals surface area contributed by atoms with Crippen LogP contribution in [0.3, 0.4) is 0 Å². The summed E-state index contributed by atoms with van der Waals surface area (Å²) in [7, 11) is 0. The number of allylic oxidation sites excluding steroid dienone is 1. The van der Waals surface area contributed by atoms with E-state index < -0.39 is 0 Å². The summed E-state index contributed by atoms with van der Waals surface area (Å²) in [6.07, 6.45) is 2.79. The first-order chi connectivity index (χ1) is 9.92. The Morgan fingerprint density at radius 2 is 1.95 bits per heavy atom. The van der Waals surface area contributed by atoms with Gasteiger partial charge in [-0.1, -0.05) is 40.7 Å². The van der Waals surface area contributed by atoms with E-state index in [1.165, 1.54) is 0 Å². The highest BCUT2D eigenvalue weighted by Crippen LogP contribution is 2.35. The van der Waals surface area contributed by atoms with Crippen molar-refractivity contribution in [2.45, 2.75) is 59.8 Å². The first-order valence-corrected chi connectivity index (χ1v) is 7.87. The Hall–Kier alpha value is -1.35. The van der Waals surface area contributed by atoms with Gasteiger partial charge in [0.2, 0.25) is 0 Å². The van der Waals surface area contributed by atoms with Crippen molar-refractivity contribution >= 4 is 5.57 Å². The van der Waals surface area contributed by atoms with E-state index in [9.17, 15) is 5.11 Å². The zero-order valence-electron chi connectivity index (χ0n) is 14.2. The Labute approximate surface area is 129 Å². The maximum atomic E-state index is 9.19. The van der Waals surface area contributed by atoms with Gasteiger partial charge >= 0.3 is 0 Å². The fraction of sp³-hybridized carbons (Fsp3) is 0.611. The van der Waals surface area contributed by atoms with Crippen molar-refractivity contribution in [1.29, 1.82) is 0 Å². The molecule has 3 nitrogen and oxygen atoms in total. The van der Waals surface area contributed by atoms with Gasteiger partial charge < -0.3 is 9.84 Å². The van der Waals surface area contributed by atoms with Crippen molar-refractivity contribution in [2.24, 2.45) is 0 Å². The smallest absolute Gasteiger partial charge is 0.148 e. The standard InChI is InChI=1S/C18H29NO2/c1-7-10-21-18-15(14(6)8-9-20)11-16(12(2)3)19-17(18)13(4)5/h8,11-13,20H,7,9-10H2,1-6H3/b14-8-. The van der Waals surface area contributed by atoms with E-state index in [0.29, 0.717) is 18.4 Å². The molecule has 0 bridgehead atoms. The largest absolute Gasteiger partial charge is 0.491 e. The van der Waals surface area contributed by atoms with E-state index in [1.807, 2.05) is 13.0 Å². The Bertz CT molecular complexity index is 490. The Balaban J connectivity index is 3.49. The van der Waals surface area contributed by atoms with Gasteiger partial charge in [-0.3, -0.25) is 4.98 Å². The minimum atomic E-state index is 0.0371. The van der Waals surface area contributed by atoms with E-state index in [1.54, 1.807) is 0 Å². The van der Waals surface area contributed by atoms with Crippen molar-refractivity contribution in [1.82, 2.24) is 4.98 Å². The molecular formula is C18H29NO2. The molecule has 0 aliphatic rings. The van der Waals surface area contributed by atoms with Gasteiger partial charge in [0.1, 0.15) is 5.75 Å². The minimum Gasteiger partial charge on any atom is -0.491 e. The Morgan fingerprint density at radius 1 is 1.29 bits per heavy atom. The summed E-state index contributed by atoms with van der Waals surface area (Å²) in [6.45, 7) is 13.4. The lowest BCUT2D eigenvalue weighted by Crippen LogP contribution is -2.08. The molecule has 0 aromatic carbocycles. The van der Waals surface area contributed by atoms with Crippen LogP contribution in [0.2, 0.25) is 0 Å².